The lowest BCUT2D eigenvalue weighted by Crippen LogP contribution is -1.98. The second kappa shape index (κ2) is 12.5. The van der Waals surface area contributed by atoms with E-state index in [-0.39, 0.29) is 0 Å². The first-order valence-electron chi connectivity index (χ1n) is 15.0. The summed E-state index contributed by atoms with van der Waals surface area (Å²) in [6, 6.07) is 56.6. The monoisotopic (exact) mass is 586 g/mol. The van der Waals surface area contributed by atoms with Crippen molar-refractivity contribution in [2.24, 2.45) is 0 Å². The van der Waals surface area contributed by atoms with E-state index < -0.39 is 0 Å². The van der Waals surface area contributed by atoms with Crippen molar-refractivity contribution in [2.45, 2.75) is 0 Å². The summed E-state index contributed by atoms with van der Waals surface area (Å²) in [5.41, 5.74) is 11.1. The number of pyridine rings is 2. The van der Waals surface area contributed by atoms with E-state index in [9.17, 15) is 10.5 Å². The summed E-state index contributed by atoms with van der Waals surface area (Å²) in [4.78, 5) is 10.1. The molecule has 0 fully saturated rings. The van der Waals surface area contributed by atoms with Gasteiger partial charge in [-0.05, 0) is 23.3 Å². The number of benzene rings is 5. The van der Waals surface area contributed by atoms with Gasteiger partial charge in [0.2, 0.25) is 0 Å². The van der Waals surface area contributed by atoms with Crippen molar-refractivity contribution in [3.8, 4) is 79.4 Å². The van der Waals surface area contributed by atoms with E-state index in [1.54, 1.807) is 0 Å². The third-order valence-electron chi connectivity index (χ3n) is 8.00. The lowest BCUT2D eigenvalue weighted by atomic mass is 9.93. The van der Waals surface area contributed by atoms with Crippen LogP contribution in [0.25, 0.3) is 67.3 Å². The minimum absolute atomic E-state index is 0.543. The molecule has 0 aliphatic heterocycles. The SMILES string of the molecule is N#Cc1c(-c2ccccc2)cc(-c2ccc(-c3cc(-c4ccccc4)c(C#N)c(-c4ccccc4)n3)cc2)nc1-c1ccccc1. The van der Waals surface area contributed by atoms with Crippen molar-refractivity contribution in [1.82, 2.24) is 9.97 Å². The van der Waals surface area contributed by atoms with Crippen LogP contribution in [0.15, 0.2) is 158 Å². The summed E-state index contributed by atoms with van der Waals surface area (Å²) in [6.45, 7) is 0. The van der Waals surface area contributed by atoms with E-state index in [0.29, 0.717) is 22.5 Å². The fraction of sp³-hybridized carbons (Fsp3) is 0. The molecule has 4 heteroatoms. The lowest BCUT2D eigenvalue weighted by molar-refractivity contribution is 1.29. The molecule has 0 bridgehead atoms. The number of hydrogen-bond donors (Lipinski definition) is 0. The van der Waals surface area contributed by atoms with Gasteiger partial charge in [-0.2, -0.15) is 10.5 Å². The van der Waals surface area contributed by atoms with Crippen LogP contribution < -0.4 is 0 Å². The van der Waals surface area contributed by atoms with Gasteiger partial charge in [0.25, 0.3) is 0 Å². The number of nitrogens with zero attached hydrogens (tertiary/aromatic N) is 4. The molecule has 0 spiro atoms. The van der Waals surface area contributed by atoms with Crippen LogP contribution in [0.2, 0.25) is 0 Å². The highest BCUT2D eigenvalue weighted by molar-refractivity contribution is 5.86. The van der Waals surface area contributed by atoms with Crippen LogP contribution in [0.3, 0.4) is 0 Å². The summed E-state index contributed by atoms with van der Waals surface area (Å²) in [6.07, 6.45) is 0. The number of nitriles is 2. The summed E-state index contributed by atoms with van der Waals surface area (Å²) < 4.78 is 0. The Balaban J connectivity index is 1.37. The zero-order chi connectivity index (χ0) is 31.3. The van der Waals surface area contributed by atoms with Gasteiger partial charge in [0.15, 0.2) is 0 Å². The van der Waals surface area contributed by atoms with Gasteiger partial charge in [-0.15, -0.1) is 0 Å². The highest BCUT2D eigenvalue weighted by Crippen LogP contribution is 2.37. The average molecular weight is 587 g/mol. The van der Waals surface area contributed by atoms with Gasteiger partial charge in [-0.25, -0.2) is 9.97 Å². The summed E-state index contributed by atoms with van der Waals surface area (Å²) in [7, 11) is 0. The van der Waals surface area contributed by atoms with Gasteiger partial charge < -0.3 is 0 Å². The summed E-state index contributed by atoms with van der Waals surface area (Å²) in [5, 5.41) is 20.6. The Labute approximate surface area is 268 Å². The predicted octanol–water partition coefficient (Wildman–Crippen LogP) is 10.2. The highest BCUT2D eigenvalue weighted by atomic mass is 14.7. The van der Waals surface area contributed by atoms with Gasteiger partial charge in [0.05, 0.1) is 33.9 Å². The van der Waals surface area contributed by atoms with Crippen molar-refractivity contribution in [3.05, 3.63) is 169 Å². The molecule has 0 atom stereocenters. The fourth-order valence-corrected chi connectivity index (χ4v) is 5.72. The molecule has 2 heterocycles. The molecule has 5 aromatic carbocycles. The standard InChI is InChI=1S/C42H26N4/c43-27-37-35(29-13-5-1-6-14-29)25-39(45-41(37)33-17-9-3-10-18-33)31-21-23-32(24-22-31)40-26-36(30-15-7-2-8-16-30)38(28-44)42(46-40)34-19-11-4-12-20-34/h1-26H. The Morgan fingerprint density at radius 3 is 0.957 bits per heavy atom. The Morgan fingerprint density at radius 1 is 0.348 bits per heavy atom. The van der Waals surface area contributed by atoms with Crippen molar-refractivity contribution >= 4 is 0 Å². The van der Waals surface area contributed by atoms with Crippen molar-refractivity contribution in [1.29, 1.82) is 10.5 Å². The molecule has 0 unspecified atom stereocenters. The van der Waals surface area contributed by atoms with Crippen LogP contribution in [0.1, 0.15) is 11.1 Å². The molecular formula is C42H26N4. The maximum atomic E-state index is 10.3. The van der Waals surface area contributed by atoms with Gasteiger partial charge in [-0.3, -0.25) is 0 Å². The van der Waals surface area contributed by atoms with Crippen molar-refractivity contribution in [2.75, 3.05) is 0 Å². The fourth-order valence-electron chi connectivity index (χ4n) is 5.72. The van der Waals surface area contributed by atoms with Crippen LogP contribution in [-0.2, 0) is 0 Å². The average Bonchev–Trinajstić information content (AvgIpc) is 3.15. The maximum absolute atomic E-state index is 10.3. The predicted molar refractivity (Wildman–Crippen MR) is 184 cm³/mol. The van der Waals surface area contributed by atoms with Gasteiger partial charge >= 0.3 is 0 Å². The largest absolute Gasteiger partial charge is 0.246 e. The Morgan fingerprint density at radius 2 is 0.652 bits per heavy atom. The number of hydrogen-bond acceptors (Lipinski definition) is 4. The quantitative estimate of drug-likeness (QED) is 0.194. The minimum atomic E-state index is 0.543. The van der Waals surface area contributed by atoms with Crippen LogP contribution in [0.4, 0.5) is 0 Å². The van der Waals surface area contributed by atoms with Crippen molar-refractivity contribution in [3.63, 3.8) is 0 Å². The molecule has 2 aromatic heterocycles. The smallest absolute Gasteiger partial charge is 0.102 e. The lowest BCUT2D eigenvalue weighted by Gasteiger charge is -2.15. The van der Waals surface area contributed by atoms with Crippen LogP contribution >= 0.6 is 0 Å². The van der Waals surface area contributed by atoms with Crippen molar-refractivity contribution < 1.29 is 0 Å². The van der Waals surface area contributed by atoms with E-state index in [1.807, 2.05) is 158 Å². The van der Waals surface area contributed by atoms with Crippen LogP contribution in [-0.4, -0.2) is 9.97 Å². The molecule has 0 amide bonds. The molecule has 46 heavy (non-hydrogen) atoms. The molecular weight excluding hydrogens is 560 g/mol. The summed E-state index contributed by atoms with van der Waals surface area (Å²) in [5.74, 6) is 0. The second-order valence-electron chi connectivity index (χ2n) is 10.8. The van der Waals surface area contributed by atoms with Crippen LogP contribution in [0, 0.1) is 22.7 Å². The summed E-state index contributed by atoms with van der Waals surface area (Å²) >= 11 is 0. The van der Waals surface area contributed by atoms with Gasteiger partial charge in [-0.1, -0.05) is 146 Å². The molecule has 4 nitrogen and oxygen atoms in total. The van der Waals surface area contributed by atoms with E-state index in [4.69, 9.17) is 9.97 Å². The Hall–Kier alpha value is -6.62. The molecule has 0 N–H and O–H groups in total. The van der Waals surface area contributed by atoms with Gasteiger partial charge in [0.1, 0.15) is 12.1 Å². The maximum Gasteiger partial charge on any atom is 0.102 e. The molecule has 0 radical (unpaired) electrons. The molecule has 0 aliphatic rings. The molecule has 0 saturated carbocycles. The molecule has 7 rings (SSSR count). The second-order valence-corrected chi connectivity index (χ2v) is 10.8. The van der Waals surface area contributed by atoms with E-state index in [1.165, 1.54) is 0 Å². The topological polar surface area (TPSA) is 73.4 Å². The highest BCUT2D eigenvalue weighted by Gasteiger charge is 2.19. The zero-order valence-corrected chi connectivity index (χ0v) is 24.8. The molecule has 0 saturated heterocycles. The first-order chi connectivity index (χ1) is 22.7. The third kappa shape index (κ3) is 5.44. The number of rotatable bonds is 6. The number of aromatic nitrogens is 2. The molecule has 0 aliphatic carbocycles. The van der Waals surface area contributed by atoms with E-state index in [2.05, 4.69) is 12.1 Å². The van der Waals surface area contributed by atoms with E-state index in [0.717, 1.165) is 55.9 Å². The minimum Gasteiger partial charge on any atom is -0.246 e. The molecule has 214 valence electrons. The first kappa shape index (κ1) is 28.2. The zero-order valence-electron chi connectivity index (χ0n) is 24.8. The van der Waals surface area contributed by atoms with E-state index >= 15 is 0 Å². The molecule has 7 aromatic rings. The Bertz CT molecular complexity index is 1950. The van der Waals surface area contributed by atoms with Gasteiger partial charge in [0, 0.05) is 33.4 Å². The first-order valence-corrected chi connectivity index (χ1v) is 15.0. The normalized spacial score (nSPS) is 10.6. The Kier molecular flexibility index (Phi) is 7.68. The van der Waals surface area contributed by atoms with Crippen LogP contribution in [0.5, 0.6) is 0 Å². The third-order valence-corrected chi connectivity index (χ3v) is 8.00.